The Morgan fingerprint density at radius 2 is 2.38 bits per heavy atom. The summed E-state index contributed by atoms with van der Waals surface area (Å²) in [6, 6.07) is 0. The Hall–Kier alpha value is -0.545. The van der Waals surface area contributed by atoms with Crippen molar-refractivity contribution in [3.8, 4) is 0 Å². The Labute approximate surface area is 98.0 Å². The molecule has 0 amide bonds. The molecule has 1 fully saturated rings. The Morgan fingerprint density at radius 1 is 1.62 bits per heavy atom. The maximum Gasteiger partial charge on any atom is 0.311 e. The molecule has 0 aromatic rings. The van der Waals surface area contributed by atoms with Crippen LogP contribution in [0.5, 0.6) is 0 Å². The molecule has 0 aliphatic carbocycles. The molecule has 3 atom stereocenters. The molecule has 1 heterocycles. The van der Waals surface area contributed by atoms with Crippen molar-refractivity contribution in [3.05, 3.63) is 0 Å². The molecule has 0 bridgehead atoms. The molecule has 0 spiro atoms. The van der Waals surface area contributed by atoms with Gasteiger partial charge in [0.2, 0.25) is 0 Å². The molecule has 16 heavy (non-hydrogen) atoms. The third-order valence-corrected chi connectivity index (χ3v) is 3.06. The molecule has 2 N–H and O–H groups in total. The van der Waals surface area contributed by atoms with Gasteiger partial charge < -0.3 is 15.1 Å². The molecule has 0 aromatic carbocycles. The van der Waals surface area contributed by atoms with Crippen molar-refractivity contribution in [3.63, 3.8) is 0 Å². The predicted molar refractivity (Wildman–Crippen MR) is 63.4 cm³/mol. The first-order chi connectivity index (χ1) is 7.61. The Balaban J connectivity index is 2.14. The summed E-state index contributed by atoms with van der Waals surface area (Å²) in [5.41, 5.74) is 0. The molecule has 1 rings (SSSR count). The van der Waals surface area contributed by atoms with Crippen LogP contribution in [0.1, 0.15) is 39.5 Å². The second-order valence-electron chi connectivity index (χ2n) is 4.60. The average molecular weight is 226 g/mol. The third-order valence-electron chi connectivity index (χ3n) is 3.06. The van der Waals surface area contributed by atoms with Crippen molar-refractivity contribution in [2.24, 2.45) is 5.92 Å². The molecule has 5 heteroatoms. The van der Waals surface area contributed by atoms with Crippen LogP contribution in [-0.4, -0.2) is 37.1 Å². The van der Waals surface area contributed by atoms with Gasteiger partial charge in [0.1, 0.15) is 0 Å². The lowest BCUT2D eigenvalue weighted by atomic mass is 9.79. The highest BCUT2D eigenvalue weighted by Crippen LogP contribution is 2.15. The van der Waals surface area contributed by atoms with E-state index in [0.29, 0.717) is 5.92 Å². The van der Waals surface area contributed by atoms with E-state index < -0.39 is 5.97 Å². The lowest BCUT2D eigenvalue weighted by Crippen LogP contribution is -2.44. The van der Waals surface area contributed by atoms with Gasteiger partial charge in [0.05, 0.1) is 12.5 Å². The fourth-order valence-corrected chi connectivity index (χ4v) is 1.70. The van der Waals surface area contributed by atoms with Crippen molar-refractivity contribution >= 4 is 13.5 Å². The summed E-state index contributed by atoms with van der Waals surface area (Å²) in [6.45, 7) is 5.38. The average Bonchev–Trinajstić information content (AvgIpc) is 2.27. The Kier molecular flexibility index (Phi) is 5.84. The number of hydrogen-bond donors (Lipinski definition) is 2. The highest BCUT2D eigenvalue weighted by molar-refractivity contribution is 6.30. The molecule has 1 radical (unpaired) electrons. The minimum absolute atomic E-state index is 0.106. The standard InChI is InChI=1S/C11H21BNO3/c1-3-8(2)7-13-10-5-4-9(16-12-10)6-11(14)15/h8-10,13H,3-7H2,1-2H3,(H,14,15). The van der Waals surface area contributed by atoms with E-state index in [1.165, 1.54) is 6.42 Å². The zero-order valence-corrected chi connectivity index (χ0v) is 10.1. The molecule has 3 unspecified atom stereocenters. The van der Waals surface area contributed by atoms with Gasteiger partial charge in [-0.15, -0.1) is 0 Å². The van der Waals surface area contributed by atoms with Gasteiger partial charge in [-0.1, -0.05) is 20.3 Å². The van der Waals surface area contributed by atoms with Crippen LogP contribution in [0.15, 0.2) is 0 Å². The fourth-order valence-electron chi connectivity index (χ4n) is 1.70. The highest BCUT2D eigenvalue weighted by atomic mass is 16.4. The number of aliphatic carboxylic acids is 1. The van der Waals surface area contributed by atoms with Gasteiger partial charge in [-0.2, -0.15) is 0 Å². The molecule has 1 saturated heterocycles. The van der Waals surface area contributed by atoms with Crippen molar-refractivity contribution in [1.29, 1.82) is 0 Å². The fraction of sp³-hybridized carbons (Fsp3) is 0.909. The maximum atomic E-state index is 10.5. The van der Waals surface area contributed by atoms with Gasteiger partial charge in [0.15, 0.2) is 0 Å². The second kappa shape index (κ2) is 6.91. The first-order valence-electron chi connectivity index (χ1n) is 6.05. The first-order valence-corrected chi connectivity index (χ1v) is 6.05. The molecular formula is C11H21BNO3. The molecule has 4 nitrogen and oxygen atoms in total. The lowest BCUT2D eigenvalue weighted by Gasteiger charge is -2.28. The van der Waals surface area contributed by atoms with E-state index in [1.54, 1.807) is 7.48 Å². The summed E-state index contributed by atoms with van der Waals surface area (Å²) in [7, 11) is 1.76. The van der Waals surface area contributed by atoms with E-state index in [1.807, 2.05) is 0 Å². The number of rotatable bonds is 6. The summed E-state index contributed by atoms with van der Waals surface area (Å²) < 4.78 is 5.40. The normalized spacial score (nSPS) is 27.1. The number of nitrogens with one attached hydrogen (secondary N) is 1. The number of carboxylic acid groups (broad SMARTS) is 1. The summed E-state index contributed by atoms with van der Waals surface area (Å²) >= 11 is 0. The van der Waals surface area contributed by atoms with Crippen molar-refractivity contribution in [2.75, 3.05) is 6.54 Å². The van der Waals surface area contributed by atoms with Gasteiger partial charge in [0.25, 0.3) is 0 Å². The van der Waals surface area contributed by atoms with Crippen LogP contribution in [0.2, 0.25) is 0 Å². The molecule has 1 aliphatic rings. The lowest BCUT2D eigenvalue weighted by molar-refractivity contribution is -0.139. The molecule has 0 saturated carbocycles. The third kappa shape index (κ3) is 4.99. The largest absolute Gasteiger partial charge is 0.481 e. The van der Waals surface area contributed by atoms with Crippen LogP contribution in [0.4, 0.5) is 0 Å². The molecule has 1 aliphatic heterocycles. The predicted octanol–water partition coefficient (Wildman–Crippen LogP) is 1.22. The second-order valence-corrected chi connectivity index (χ2v) is 4.60. The maximum absolute atomic E-state index is 10.5. The zero-order chi connectivity index (χ0) is 12.0. The SMILES string of the molecule is CCC(C)CNC1[B]OC(CC(=O)O)CC1. The van der Waals surface area contributed by atoms with Crippen LogP contribution < -0.4 is 5.32 Å². The Morgan fingerprint density at radius 3 is 2.88 bits per heavy atom. The Bertz CT molecular complexity index is 217. The first kappa shape index (κ1) is 13.5. The smallest absolute Gasteiger partial charge is 0.311 e. The molecule has 0 aromatic heterocycles. The summed E-state index contributed by atoms with van der Waals surface area (Å²) in [4.78, 5) is 10.5. The van der Waals surface area contributed by atoms with E-state index in [4.69, 9.17) is 9.76 Å². The van der Waals surface area contributed by atoms with Gasteiger partial charge in [-0.3, -0.25) is 4.79 Å². The summed E-state index contributed by atoms with van der Waals surface area (Å²) in [6.07, 6.45) is 2.92. The number of carbonyl (C=O) groups is 1. The number of hydrogen-bond acceptors (Lipinski definition) is 3. The van der Waals surface area contributed by atoms with Crippen LogP contribution >= 0.6 is 0 Å². The van der Waals surface area contributed by atoms with Crippen LogP contribution in [0, 0.1) is 5.92 Å². The van der Waals surface area contributed by atoms with Crippen LogP contribution in [0.25, 0.3) is 0 Å². The molecular weight excluding hydrogens is 205 g/mol. The van der Waals surface area contributed by atoms with Crippen LogP contribution in [-0.2, 0) is 9.45 Å². The van der Waals surface area contributed by atoms with E-state index in [2.05, 4.69) is 19.2 Å². The minimum atomic E-state index is -0.788. The van der Waals surface area contributed by atoms with Crippen LogP contribution in [0.3, 0.4) is 0 Å². The summed E-state index contributed by atoms with van der Waals surface area (Å²) in [5.74, 6) is 0.161. The zero-order valence-electron chi connectivity index (χ0n) is 10.1. The monoisotopic (exact) mass is 226 g/mol. The topological polar surface area (TPSA) is 58.6 Å². The number of carboxylic acids is 1. The minimum Gasteiger partial charge on any atom is -0.481 e. The highest BCUT2D eigenvalue weighted by Gasteiger charge is 2.24. The van der Waals surface area contributed by atoms with E-state index in [-0.39, 0.29) is 18.5 Å². The van der Waals surface area contributed by atoms with Gasteiger partial charge in [-0.05, 0) is 25.3 Å². The van der Waals surface area contributed by atoms with Gasteiger partial charge in [0, 0.05) is 5.94 Å². The van der Waals surface area contributed by atoms with E-state index in [0.717, 1.165) is 19.4 Å². The van der Waals surface area contributed by atoms with Gasteiger partial charge in [-0.25, -0.2) is 0 Å². The quantitative estimate of drug-likeness (QED) is 0.668. The van der Waals surface area contributed by atoms with E-state index in [9.17, 15) is 4.79 Å². The van der Waals surface area contributed by atoms with E-state index >= 15 is 0 Å². The van der Waals surface area contributed by atoms with Gasteiger partial charge >= 0.3 is 13.5 Å². The molecule has 91 valence electrons. The van der Waals surface area contributed by atoms with Crippen molar-refractivity contribution in [1.82, 2.24) is 5.32 Å². The van der Waals surface area contributed by atoms with Crippen molar-refractivity contribution in [2.45, 2.75) is 51.6 Å². The summed E-state index contributed by atoms with van der Waals surface area (Å²) in [5, 5.41) is 12.0. The van der Waals surface area contributed by atoms with Crippen molar-refractivity contribution < 1.29 is 14.6 Å².